The maximum atomic E-state index is 13.2. The van der Waals surface area contributed by atoms with Crippen molar-refractivity contribution in [3.05, 3.63) is 64.1 Å². The van der Waals surface area contributed by atoms with Crippen LogP contribution in [0.1, 0.15) is 17.2 Å². The normalized spacial score (nSPS) is 12.4. The molecule has 18 heavy (non-hydrogen) atoms. The second-order valence-electron chi connectivity index (χ2n) is 3.96. The van der Waals surface area contributed by atoms with Crippen molar-refractivity contribution in [2.45, 2.75) is 12.5 Å². The van der Waals surface area contributed by atoms with Gasteiger partial charge in [-0.15, -0.1) is 0 Å². The molecule has 0 saturated carbocycles. The van der Waals surface area contributed by atoms with Gasteiger partial charge in [0.05, 0.1) is 10.5 Å². The average molecular weight is 310 g/mol. The monoisotopic (exact) mass is 309 g/mol. The molecule has 0 radical (unpaired) electrons. The maximum Gasteiger partial charge on any atom is 0.137 e. The van der Waals surface area contributed by atoms with E-state index in [1.807, 2.05) is 12.1 Å². The van der Waals surface area contributed by atoms with Crippen LogP contribution in [0.3, 0.4) is 0 Å². The third-order valence-electron chi connectivity index (χ3n) is 2.71. The number of aromatic nitrogens is 1. The van der Waals surface area contributed by atoms with Crippen LogP contribution >= 0.6 is 15.9 Å². The average Bonchev–Trinajstić information content (AvgIpc) is 2.40. The van der Waals surface area contributed by atoms with Crippen molar-refractivity contribution in [1.29, 1.82) is 0 Å². The summed E-state index contributed by atoms with van der Waals surface area (Å²) in [5.74, 6) is 5.28. The number of hydrogen-bond donors (Lipinski definition) is 2. The Balaban J connectivity index is 2.20. The first-order chi connectivity index (χ1) is 8.70. The predicted octanol–water partition coefficient (Wildman–Crippen LogP) is 2.73. The van der Waals surface area contributed by atoms with E-state index in [-0.39, 0.29) is 11.9 Å². The molecule has 1 atom stereocenters. The maximum absolute atomic E-state index is 13.2. The van der Waals surface area contributed by atoms with Gasteiger partial charge < -0.3 is 0 Å². The van der Waals surface area contributed by atoms with Gasteiger partial charge in [0.1, 0.15) is 5.82 Å². The lowest BCUT2D eigenvalue weighted by molar-refractivity contribution is 0.547. The minimum atomic E-state index is -0.282. The predicted molar refractivity (Wildman–Crippen MR) is 72.1 cm³/mol. The van der Waals surface area contributed by atoms with Crippen LogP contribution in [0.25, 0.3) is 0 Å². The molecular weight excluding hydrogens is 297 g/mol. The summed E-state index contributed by atoms with van der Waals surface area (Å²) in [7, 11) is 0. The number of nitrogens with one attached hydrogen (secondary N) is 1. The van der Waals surface area contributed by atoms with Crippen molar-refractivity contribution in [2.75, 3.05) is 0 Å². The summed E-state index contributed by atoms with van der Waals surface area (Å²) >= 11 is 3.17. The molecule has 1 aromatic carbocycles. The summed E-state index contributed by atoms with van der Waals surface area (Å²) in [5, 5.41) is 0. The number of pyridine rings is 1. The van der Waals surface area contributed by atoms with Gasteiger partial charge in [0, 0.05) is 12.4 Å². The highest BCUT2D eigenvalue weighted by molar-refractivity contribution is 9.10. The Morgan fingerprint density at radius 3 is 2.83 bits per heavy atom. The van der Waals surface area contributed by atoms with E-state index >= 15 is 0 Å². The molecule has 0 bridgehead atoms. The van der Waals surface area contributed by atoms with Crippen molar-refractivity contribution in [1.82, 2.24) is 10.4 Å². The fraction of sp³-hybridized carbons (Fsp3) is 0.154. The summed E-state index contributed by atoms with van der Waals surface area (Å²) in [4.78, 5) is 4.06. The van der Waals surface area contributed by atoms with Crippen LogP contribution in [0, 0.1) is 5.82 Å². The molecule has 5 heteroatoms. The van der Waals surface area contributed by atoms with Crippen molar-refractivity contribution in [3.63, 3.8) is 0 Å². The molecule has 0 spiro atoms. The number of hydrogen-bond acceptors (Lipinski definition) is 3. The van der Waals surface area contributed by atoms with Gasteiger partial charge in [-0.1, -0.05) is 12.1 Å². The minimum Gasteiger partial charge on any atom is -0.271 e. The molecule has 0 amide bonds. The zero-order valence-electron chi connectivity index (χ0n) is 9.61. The highest BCUT2D eigenvalue weighted by Gasteiger charge is 2.12. The van der Waals surface area contributed by atoms with Crippen LogP contribution in [0.15, 0.2) is 47.2 Å². The Bertz CT molecular complexity index is 519. The number of halogens is 2. The zero-order valence-corrected chi connectivity index (χ0v) is 11.2. The van der Waals surface area contributed by atoms with E-state index in [4.69, 9.17) is 5.84 Å². The molecule has 1 aromatic heterocycles. The topological polar surface area (TPSA) is 50.9 Å². The lowest BCUT2D eigenvalue weighted by Gasteiger charge is -2.16. The second kappa shape index (κ2) is 6.04. The lowest BCUT2D eigenvalue weighted by atomic mass is 10.0. The van der Waals surface area contributed by atoms with E-state index in [0.717, 1.165) is 11.1 Å². The van der Waals surface area contributed by atoms with E-state index in [9.17, 15) is 4.39 Å². The van der Waals surface area contributed by atoms with Crippen LogP contribution in [0.5, 0.6) is 0 Å². The van der Waals surface area contributed by atoms with Gasteiger partial charge in [-0.05, 0) is 51.7 Å². The smallest absolute Gasteiger partial charge is 0.137 e. The van der Waals surface area contributed by atoms with Gasteiger partial charge in [-0.25, -0.2) is 4.39 Å². The Morgan fingerprint density at radius 1 is 1.39 bits per heavy atom. The van der Waals surface area contributed by atoms with Crippen LogP contribution in [-0.2, 0) is 6.42 Å². The summed E-state index contributed by atoms with van der Waals surface area (Å²) in [6.07, 6.45) is 4.22. The Kier molecular flexibility index (Phi) is 4.41. The van der Waals surface area contributed by atoms with E-state index in [1.54, 1.807) is 24.5 Å². The molecule has 0 fully saturated rings. The number of rotatable bonds is 4. The first kappa shape index (κ1) is 13.1. The molecular formula is C13H13BrFN3. The quantitative estimate of drug-likeness (QED) is 0.674. The van der Waals surface area contributed by atoms with Crippen molar-refractivity contribution >= 4 is 15.9 Å². The third kappa shape index (κ3) is 3.13. The van der Waals surface area contributed by atoms with Crippen LogP contribution in [-0.4, -0.2) is 4.98 Å². The van der Waals surface area contributed by atoms with Gasteiger partial charge in [0.15, 0.2) is 0 Å². The molecule has 0 saturated heterocycles. The van der Waals surface area contributed by atoms with E-state index in [1.165, 1.54) is 6.07 Å². The fourth-order valence-corrected chi connectivity index (χ4v) is 2.15. The molecule has 1 heterocycles. The fourth-order valence-electron chi connectivity index (χ4n) is 1.76. The molecule has 3 N–H and O–H groups in total. The van der Waals surface area contributed by atoms with Crippen molar-refractivity contribution in [2.24, 2.45) is 5.84 Å². The number of nitrogens with two attached hydrogens (primary N) is 1. The van der Waals surface area contributed by atoms with E-state index in [2.05, 4.69) is 26.3 Å². The van der Waals surface area contributed by atoms with Crippen molar-refractivity contribution < 1.29 is 4.39 Å². The summed E-state index contributed by atoms with van der Waals surface area (Å²) in [6, 6.07) is 8.66. The van der Waals surface area contributed by atoms with Crippen LogP contribution < -0.4 is 11.3 Å². The first-order valence-corrected chi connectivity index (χ1v) is 6.30. The lowest BCUT2D eigenvalue weighted by Crippen LogP contribution is -2.29. The number of benzene rings is 1. The van der Waals surface area contributed by atoms with Gasteiger partial charge >= 0.3 is 0 Å². The van der Waals surface area contributed by atoms with E-state index < -0.39 is 0 Å². The highest BCUT2D eigenvalue weighted by atomic mass is 79.9. The molecule has 1 unspecified atom stereocenters. The summed E-state index contributed by atoms with van der Waals surface area (Å²) in [6.45, 7) is 0. The molecule has 3 nitrogen and oxygen atoms in total. The second-order valence-corrected chi connectivity index (χ2v) is 4.81. The first-order valence-electron chi connectivity index (χ1n) is 5.50. The molecule has 2 aromatic rings. The standard InChI is InChI=1S/C13H13BrFN3/c14-11-7-10(3-4-12(11)15)13(18-16)6-9-2-1-5-17-8-9/h1-5,7-8,13,18H,6,16H2. The molecule has 0 aliphatic carbocycles. The molecule has 2 rings (SSSR count). The van der Waals surface area contributed by atoms with Crippen molar-refractivity contribution in [3.8, 4) is 0 Å². The summed E-state index contributed by atoms with van der Waals surface area (Å²) in [5.41, 5.74) is 4.74. The third-order valence-corrected chi connectivity index (χ3v) is 3.32. The number of hydrazine groups is 1. The van der Waals surface area contributed by atoms with Gasteiger partial charge in [-0.2, -0.15) is 0 Å². The zero-order chi connectivity index (χ0) is 13.0. The number of nitrogens with zero attached hydrogens (tertiary/aromatic N) is 1. The molecule has 0 aliphatic rings. The highest BCUT2D eigenvalue weighted by Crippen LogP contribution is 2.23. The largest absolute Gasteiger partial charge is 0.271 e. The van der Waals surface area contributed by atoms with Crippen LogP contribution in [0.2, 0.25) is 0 Å². The van der Waals surface area contributed by atoms with Gasteiger partial charge in [0.2, 0.25) is 0 Å². The van der Waals surface area contributed by atoms with Gasteiger partial charge in [0.25, 0.3) is 0 Å². The molecule has 0 aliphatic heterocycles. The summed E-state index contributed by atoms with van der Waals surface area (Å²) < 4.78 is 13.6. The Morgan fingerprint density at radius 2 is 2.22 bits per heavy atom. The van der Waals surface area contributed by atoms with E-state index in [0.29, 0.717) is 10.9 Å². The Hall–Kier alpha value is -1.30. The Labute approximate surface area is 113 Å². The molecule has 94 valence electrons. The minimum absolute atomic E-state index is 0.0777. The SMILES string of the molecule is NNC(Cc1cccnc1)c1ccc(F)c(Br)c1. The van der Waals surface area contributed by atoms with Crippen LogP contribution in [0.4, 0.5) is 4.39 Å². The van der Waals surface area contributed by atoms with Gasteiger partial charge in [-0.3, -0.25) is 16.3 Å².